The van der Waals surface area contributed by atoms with E-state index in [-0.39, 0.29) is 0 Å². The Morgan fingerprint density at radius 1 is 0.618 bits per heavy atom. The van der Waals surface area contributed by atoms with E-state index in [1.807, 2.05) is 18.2 Å². The number of aromatic nitrogens is 5. The van der Waals surface area contributed by atoms with Gasteiger partial charge in [0.1, 0.15) is 5.82 Å². The molecule has 5 heteroatoms. The first-order valence-electron chi connectivity index (χ1n) is 11.2. The molecule has 5 nitrogen and oxygen atoms in total. The van der Waals surface area contributed by atoms with E-state index in [1.165, 1.54) is 27.2 Å². The number of nitrogens with zero attached hydrogens (tertiary/aromatic N) is 5. The normalized spacial score (nSPS) is 11.5. The molecule has 0 bridgehead atoms. The molecule has 7 rings (SSSR count). The Labute approximate surface area is 195 Å². The van der Waals surface area contributed by atoms with Gasteiger partial charge in [0.15, 0.2) is 5.82 Å². The number of benzene rings is 3. The molecule has 160 valence electrons. The van der Waals surface area contributed by atoms with Crippen LogP contribution in [0.2, 0.25) is 0 Å². The van der Waals surface area contributed by atoms with Gasteiger partial charge in [-0.3, -0.25) is 4.98 Å². The number of pyridine rings is 1. The van der Waals surface area contributed by atoms with E-state index in [2.05, 4.69) is 98.1 Å². The van der Waals surface area contributed by atoms with Crippen molar-refractivity contribution in [1.29, 1.82) is 0 Å². The van der Waals surface area contributed by atoms with E-state index in [4.69, 9.17) is 4.98 Å². The maximum atomic E-state index is 4.84. The first-order chi connectivity index (χ1) is 16.9. The average molecular weight is 438 g/mol. The molecule has 0 aliphatic rings. The molecule has 0 fully saturated rings. The summed E-state index contributed by atoms with van der Waals surface area (Å²) in [6, 6.07) is 31.5. The van der Waals surface area contributed by atoms with Gasteiger partial charge in [-0.1, -0.05) is 42.5 Å². The van der Waals surface area contributed by atoms with Crippen molar-refractivity contribution >= 4 is 32.7 Å². The van der Waals surface area contributed by atoms with Gasteiger partial charge in [-0.15, -0.1) is 0 Å². The summed E-state index contributed by atoms with van der Waals surface area (Å²) < 4.78 is 4.49. The summed E-state index contributed by atoms with van der Waals surface area (Å²) in [5.41, 5.74) is 5.54. The van der Waals surface area contributed by atoms with E-state index in [9.17, 15) is 0 Å². The van der Waals surface area contributed by atoms with Crippen LogP contribution in [0.1, 0.15) is 0 Å². The number of rotatable bonds is 3. The minimum absolute atomic E-state index is 0.659. The molecule has 34 heavy (non-hydrogen) atoms. The van der Waals surface area contributed by atoms with E-state index >= 15 is 0 Å². The third kappa shape index (κ3) is 2.77. The molecular weight excluding hydrogens is 418 g/mol. The van der Waals surface area contributed by atoms with Crippen LogP contribution in [0.25, 0.3) is 55.6 Å². The minimum atomic E-state index is 0.659. The van der Waals surface area contributed by atoms with Crippen molar-refractivity contribution in [1.82, 2.24) is 24.1 Å². The second-order valence-electron chi connectivity index (χ2n) is 8.25. The Morgan fingerprint density at radius 2 is 1.50 bits per heavy atom. The molecule has 0 N–H and O–H groups in total. The molecule has 0 radical (unpaired) electrons. The summed E-state index contributed by atoms with van der Waals surface area (Å²) in [6.07, 6.45) is 7.43. The molecular formula is C29H19N5. The predicted octanol–water partition coefficient (Wildman–Crippen LogP) is 6.58. The van der Waals surface area contributed by atoms with E-state index in [1.54, 1.807) is 18.6 Å². The minimum Gasteiger partial charge on any atom is -0.309 e. The predicted molar refractivity (Wildman–Crippen MR) is 136 cm³/mol. The Kier molecular flexibility index (Phi) is 4.08. The molecule has 0 saturated carbocycles. The largest absolute Gasteiger partial charge is 0.309 e. The van der Waals surface area contributed by atoms with Gasteiger partial charge in [-0.2, -0.15) is 0 Å². The SMILES string of the molecule is c1ccc(-n2c3ccccc3c3ccc4c(ccn4-c4ccnc(-c5cccnc5)n4)c32)cc1. The lowest BCUT2D eigenvalue weighted by Gasteiger charge is -2.09. The van der Waals surface area contributed by atoms with Crippen LogP contribution < -0.4 is 0 Å². The fraction of sp³-hybridized carbons (Fsp3) is 0. The molecule has 0 unspecified atom stereocenters. The lowest BCUT2D eigenvalue weighted by atomic mass is 10.1. The topological polar surface area (TPSA) is 48.5 Å². The second kappa shape index (κ2) is 7.39. The van der Waals surface area contributed by atoms with Crippen molar-refractivity contribution in [2.75, 3.05) is 0 Å². The molecule has 4 heterocycles. The van der Waals surface area contributed by atoms with E-state index < -0.39 is 0 Å². The molecule has 0 spiro atoms. The maximum Gasteiger partial charge on any atom is 0.163 e. The Hall–Kier alpha value is -4.77. The lowest BCUT2D eigenvalue weighted by molar-refractivity contribution is 1.02. The molecule has 0 saturated heterocycles. The number of para-hydroxylation sites is 2. The molecule has 0 aliphatic heterocycles. The molecule has 4 aromatic heterocycles. The van der Waals surface area contributed by atoms with Crippen molar-refractivity contribution in [3.63, 3.8) is 0 Å². The first-order valence-corrected chi connectivity index (χ1v) is 11.2. The van der Waals surface area contributed by atoms with Gasteiger partial charge in [0.25, 0.3) is 0 Å². The number of hydrogen-bond donors (Lipinski definition) is 0. The molecule has 0 atom stereocenters. The van der Waals surface area contributed by atoms with Crippen LogP contribution in [0.5, 0.6) is 0 Å². The fourth-order valence-electron chi connectivity index (χ4n) is 4.84. The average Bonchev–Trinajstić information content (AvgIpc) is 3.49. The second-order valence-corrected chi connectivity index (χ2v) is 8.25. The molecule has 0 aliphatic carbocycles. The summed E-state index contributed by atoms with van der Waals surface area (Å²) >= 11 is 0. The molecule has 3 aromatic carbocycles. The highest BCUT2D eigenvalue weighted by Gasteiger charge is 2.17. The quantitative estimate of drug-likeness (QED) is 0.314. The summed E-state index contributed by atoms with van der Waals surface area (Å²) in [4.78, 5) is 13.5. The van der Waals surface area contributed by atoms with Crippen molar-refractivity contribution in [2.24, 2.45) is 0 Å². The number of hydrogen-bond acceptors (Lipinski definition) is 3. The van der Waals surface area contributed by atoms with Crippen molar-refractivity contribution < 1.29 is 0 Å². The van der Waals surface area contributed by atoms with Crippen LogP contribution >= 0.6 is 0 Å². The summed E-state index contributed by atoms with van der Waals surface area (Å²) in [7, 11) is 0. The van der Waals surface area contributed by atoms with Crippen LogP contribution in [-0.4, -0.2) is 24.1 Å². The summed E-state index contributed by atoms with van der Waals surface area (Å²) in [5.74, 6) is 1.48. The third-order valence-corrected chi connectivity index (χ3v) is 6.32. The van der Waals surface area contributed by atoms with Crippen LogP contribution in [0.15, 0.2) is 116 Å². The van der Waals surface area contributed by atoms with Gasteiger partial charge in [0.05, 0.1) is 16.6 Å². The number of fused-ring (bicyclic) bond motifs is 5. The highest BCUT2D eigenvalue weighted by molar-refractivity contribution is 6.18. The summed E-state index contributed by atoms with van der Waals surface area (Å²) in [6.45, 7) is 0. The monoisotopic (exact) mass is 437 g/mol. The van der Waals surface area contributed by atoms with Crippen molar-refractivity contribution in [2.45, 2.75) is 0 Å². The van der Waals surface area contributed by atoms with Gasteiger partial charge in [-0.25, -0.2) is 9.97 Å². The van der Waals surface area contributed by atoms with E-state index in [0.29, 0.717) is 5.82 Å². The van der Waals surface area contributed by atoms with E-state index in [0.717, 1.165) is 22.6 Å². The Bertz CT molecular complexity index is 1800. The van der Waals surface area contributed by atoms with Gasteiger partial charge in [-0.05, 0) is 48.5 Å². The smallest absolute Gasteiger partial charge is 0.163 e. The molecule has 7 aromatic rings. The zero-order valence-corrected chi connectivity index (χ0v) is 18.2. The highest BCUT2D eigenvalue weighted by Crippen LogP contribution is 2.37. The summed E-state index contributed by atoms with van der Waals surface area (Å²) in [5, 5.41) is 3.67. The fourth-order valence-corrected chi connectivity index (χ4v) is 4.84. The standard InChI is InChI=1S/C29H19N5/c1-2-8-21(9-3-1)34-26-11-5-4-10-22(26)23-12-13-25-24(28(23)34)15-18-33(25)27-14-17-31-29(32-27)20-7-6-16-30-19-20/h1-19H. The highest BCUT2D eigenvalue weighted by atomic mass is 15.1. The van der Waals surface area contributed by atoms with Crippen LogP contribution in [-0.2, 0) is 0 Å². The van der Waals surface area contributed by atoms with Crippen LogP contribution in [0.3, 0.4) is 0 Å². The van der Waals surface area contributed by atoms with Crippen LogP contribution in [0, 0.1) is 0 Å². The van der Waals surface area contributed by atoms with Crippen molar-refractivity contribution in [3.8, 4) is 22.9 Å². The Morgan fingerprint density at radius 3 is 2.38 bits per heavy atom. The first kappa shape index (κ1) is 18.8. The Balaban J connectivity index is 1.51. The zero-order chi connectivity index (χ0) is 22.5. The van der Waals surface area contributed by atoms with Gasteiger partial charge in [0, 0.05) is 52.2 Å². The van der Waals surface area contributed by atoms with Gasteiger partial charge in [0.2, 0.25) is 0 Å². The van der Waals surface area contributed by atoms with Gasteiger partial charge < -0.3 is 9.13 Å². The van der Waals surface area contributed by atoms with Crippen molar-refractivity contribution in [3.05, 3.63) is 116 Å². The zero-order valence-electron chi connectivity index (χ0n) is 18.2. The lowest BCUT2D eigenvalue weighted by Crippen LogP contribution is -1.99. The maximum absolute atomic E-state index is 4.84. The third-order valence-electron chi connectivity index (χ3n) is 6.32. The molecule has 0 amide bonds. The van der Waals surface area contributed by atoms with Gasteiger partial charge >= 0.3 is 0 Å². The van der Waals surface area contributed by atoms with Crippen LogP contribution in [0.4, 0.5) is 0 Å².